The summed E-state index contributed by atoms with van der Waals surface area (Å²) in [4.78, 5) is 40.3. The van der Waals surface area contributed by atoms with Crippen molar-refractivity contribution in [3.05, 3.63) is 78.1 Å². The maximum atomic E-state index is 13.6. The second-order valence-corrected chi connectivity index (χ2v) is 9.04. The fourth-order valence-electron chi connectivity index (χ4n) is 4.89. The highest BCUT2D eigenvalue weighted by Crippen LogP contribution is 2.47. The number of benzene rings is 2. The number of nitrogens with one attached hydrogen (secondary N) is 2. The molecule has 0 unspecified atom stereocenters. The molecular weight excluding hydrogens is 432 g/mol. The summed E-state index contributed by atoms with van der Waals surface area (Å²) in [5.74, 6) is -4.55. The molecule has 0 aliphatic heterocycles. The number of anilines is 2. The first-order valence-corrected chi connectivity index (χ1v) is 11.1. The minimum absolute atomic E-state index is 0.317. The summed E-state index contributed by atoms with van der Waals surface area (Å²) in [6, 6.07) is 17.7. The lowest BCUT2D eigenvalue weighted by Crippen LogP contribution is -2.56. The third-order valence-corrected chi connectivity index (χ3v) is 6.33. The molecule has 1 saturated carbocycles. The zero-order chi connectivity index (χ0) is 24.5. The molecule has 8 nitrogen and oxygen atoms in total. The Morgan fingerprint density at radius 2 is 1.53 bits per heavy atom. The standard InChI is InChI=1S/C26H28N4O4/c1-16-19(15-30(3)29-16)21-22(24(32)27-17-10-6-4-7-11-17)20(31)14-26(2,34)23(21)25(33)28-18-12-8-5-9-13-18/h4-13,15,21-23,34H,14H2,1-3H3,(H,27,32)(H,28,33)/t21-,22+,23-,26+/m0/s1. The minimum atomic E-state index is -1.66. The summed E-state index contributed by atoms with van der Waals surface area (Å²) in [6.45, 7) is 3.24. The number of carbonyl (C=O) groups is 3. The van der Waals surface area contributed by atoms with Crippen molar-refractivity contribution in [2.24, 2.45) is 18.9 Å². The van der Waals surface area contributed by atoms with Gasteiger partial charge in [0, 0.05) is 37.0 Å². The molecule has 3 aromatic rings. The average molecular weight is 461 g/mol. The van der Waals surface area contributed by atoms with E-state index in [1.807, 2.05) is 12.1 Å². The SMILES string of the molecule is Cc1nn(C)cc1[C@H]1[C@H](C(=O)Nc2ccccc2)C(=O)C[C@@](C)(O)[C@@H]1C(=O)Nc1ccccc1. The fraction of sp³-hybridized carbons (Fsp3) is 0.308. The number of para-hydroxylation sites is 2. The largest absolute Gasteiger partial charge is 0.389 e. The Hall–Kier alpha value is -3.78. The highest BCUT2D eigenvalue weighted by molar-refractivity contribution is 6.10. The predicted octanol–water partition coefficient (Wildman–Crippen LogP) is 3.05. The number of hydrogen-bond acceptors (Lipinski definition) is 5. The maximum Gasteiger partial charge on any atom is 0.235 e. The van der Waals surface area contributed by atoms with Crippen LogP contribution in [0.2, 0.25) is 0 Å². The van der Waals surface area contributed by atoms with Gasteiger partial charge in [-0.1, -0.05) is 36.4 Å². The van der Waals surface area contributed by atoms with Gasteiger partial charge < -0.3 is 15.7 Å². The van der Waals surface area contributed by atoms with Crippen LogP contribution >= 0.6 is 0 Å². The molecule has 4 rings (SSSR count). The summed E-state index contributed by atoms with van der Waals surface area (Å²) in [7, 11) is 1.73. The summed E-state index contributed by atoms with van der Waals surface area (Å²) >= 11 is 0. The Morgan fingerprint density at radius 1 is 1.00 bits per heavy atom. The van der Waals surface area contributed by atoms with Crippen molar-refractivity contribution in [3.63, 3.8) is 0 Å². The number of aliphatic hydroxyl groups is 1. The van der Waals surface area contributed by atoms with Gasteiger partial charge in [-0.05, 0) is 43.7 Å². The normalized spacial score (nSPS) is 24.5. The summed E-state index contributed by atoms with van der Waals surface area (Å²) in [6.07, 6.45) is 1.39. The molecule has 1 aromatic heterocycles. The van der Waals surface area contributed by atoms with Crippen LogP contribution in [0.3, 0.4) is 0 Å². The van der Waals surface area contributed by atoms with E-state index in [4.69, 9.17) is 0 Å². The van der Waals surface area contributed by atoms with Crippen molar-refractivity contribution in [3.8, 4) is 0 Å². The van der Waals surface area contributed by atoms with Gasteiger partial charge in [0.2, 0.25) is 11.8 Å². The van der Waals surface area contributed by atoms with Crippen molar-refractivity contribution in [1.82, 2.24) is 9.78 Å². The number of aromatic nitrogens is 2. The number of aryl methyl sites for hydroxylation is 2. The Balaban J connectivity index is 1.78. The van der Waals surface area contributed by atoms with Gasteiger partial charge in [0.15, 0.2) is 0 Å². The van der Waals surface area contributed by atoms with Gasteiger partial charge >= 0.3 is 0 Å². The Morgan fingerprint density at radius 3 is 2.03 bits per heavy atom. The monoisotopic (exact) mass is 460 g/mol. The van der Waals surface area contributed by atoms with Crippen molar-refractivity contribution < 1.29 is 19.5 Å². The minimum Gasteiger partial charge on any atom is -0.389 e. The van der Waals surface area contributed by atoms with E-state index in [1.165, 1.54) is 6.92 Å². The van der Waals surface area contributed by atoms with Gasteiger partial charge in [0.25, 0.3) is 0 Å². The molecule has 1 fully saturated rings. The second-order valence-electron chi connectivity index (χ2n) is 9.04. The van der Waals surface area contributed by atoms with Crippen LogP contribution in [0, 0.1) is 18.8 Å². The van der Waals surface area contributed by atoms with Gasteiger partial charge in [-0.15, -0.1) is 0 Å². The van der Waals surface area contributed by atoms with Crippen LogP contribution in [0.15, 0.2) is 66.9 Å². The van der Waals surface area contributed by atoms with Crippen molar-refractivity contribution >= 4 is 29.0 Å². The molecule has 1 heterocycles. The lowest BCUT2D eigenvalue weighted by atomic mass is 9.61. The average Bonchev–Trinajstić information content (AvgIpc) is 3.11. The van der Waals surface area contributed by atoms with Crippen molar-refractivity contribution in [2.45, 2.75) is 31.8 Å². The molecule has 0 bridgehead atoms. The molecule has 8 heteroatoms. The molecule has 1 aliphatic carbocycles. The molecule has 4 atom stereocenters. The number of carbonyl (C=O) groups excluding carboxylic acids is 3. The van der Waals surface area contributed by atoms with Crippen molar-refractivity contribution in [1.29, 1.82) is 0 Å². The third kappa shape index (κ3) is 4.63. The Labute approximate surface area is 198 Å². The number of rotatable bonds is 5. The number of ketones is 1. The van der Waals surface area contributed by atoms with Crippen LogP contribution in [0.4, 0.5) is 11.4 Å². The van der Waals surface area contributed by atoms with Crippen molar-refractivity contribution in [2.75, 3.05) is 10.6 Å². The van der Waals surface area contributed by atoms with Gasteiger partial charge in [0.05, 0.1) is 17.2 Å². The molecule has 3 N–H and O–H groups in total. The topological polar surface area (TPSA) is 113 Å². The second kappa shape index (κ2) is 9.23. The quantitative estimate of drug-likeness (QED) is 0.507. The van der Waals surface area contributed by atoms with Gasteiger partial charge in [-0.3, -0.25) is 19.1 Å². The summed E-state index contributed by atoms with van der Waals surface area (Å²) in [5.41, 5.74) is 0.619. The van der Waals surface area contributed by atoms with Crippen LogP contribution in [0.5, 0.6) is 0 Å². The Kier molecular flexibility index (Phi) is 6.34. The summed E-state index contributed by atoms with van der Waals surface area (Å²) < 4.78 is 1.58. The molecule has 176 valence electrons. The van der Waals surface area contributed by atoms with Crippen LogP contribution < -0.4 is 10.6 Å². The van der Waals surface area contributed by atoms with E-state index in [0.29, 0.717) is 22.6 Å². The van der Waals surface area contributed by atoms with Gasteiger partial charge in [0.1, 0.15) is 11.7 Å². The first kappa shape index (κ1) is 23.4. The molecule has 34 heavy (non-hydrogen) atoms. The third-order valence-electron chi connectivity index (χ3n) is 6.33. The first-order valence-electron chi connectivity index (χ1n) is 11.1. The van der Waals surface area contributed by atoms with E-state index < -0.39 is 41.0 Å². The first-order chi connectivity index (χ1) is 16.2. The molecule has 1 aliphatic rings. The molecule has 0 saturated heterocycles. The zero-order valence-electron chi connectivity index (χ0n) is 19.4. The number of Topliss-reactive ketones (excluding diaryl/α,β-unsaturated/α-hetero) is 1. The molecule has 2 aromatic carbocycles. The molecular formula is C26H28N4O4. The van der Waals surface area contributed by atoms with E-state index in [2.05, 4.69) is 15.7 Å². The van der Waals surface area contributed by atoms with Crippen LogP contribution in [0.25, 0.3) is 0 Å². The predicted molar refractivity (Wildman–Crippen MR) is 128 cm³/mol. The van der Waals surface area contributed by atoms with E-state index in [1.54, 1.807) is 73.4 Å². The number of amides is 2. The molecule has 0 spiro atoms. The smallest absolute Gasteiger partial charge is 0.235 e. The van der Waals surface area contributed by atoms with Crippen LogP contribution in [-0.4, -0.2) is 38.1 Å². The summed E-state index contributed by atoms with van der Waals surface area (Å²) in [5, 5.41) is 21.4. The fourth-order valence-corrected chi connectivity index (χ4v) is 4.89. The van der Waals surface area contributed by atoms with Gasteiger partial charge in [-0.2, -0.15) is 5.10 Å². The number of nitrogens with zero attached hydrogens (tertiary/aromatic N) is 2. The van der Waals surface area contributed by atoms with E-state index in [9.17, 15) is 19.5 Å². The zero-order valence-corrected chi connectivity index (χ0v) is 19.4. The number of hydrogen-bond donors (Lipinski definition) is 3. The van der Waals surface area contributed by atoms with Crippen LogP contribution in [0.1, 0.15) is 30.5 Å². The van der Waals surface area contributed by atoms with Gasteiger partial charge in [-0.25, -0.2) is 0 Å². The lowest BCUT2D eigenvalue weighted by molar-refractivity contribution is -0.150. The van der Waals surface area contributed by atoms with E-state index >= 15 is 0 Å². The molecule has 2 amide bonds. The highest BCUT2D eigenvalue weighted by atomic mass is 16.3. The Bertz CT molecular complexity index is 1200. The van der Waals surface area contributed by atoms with E-state index in [0.717, 1.165) is 0 Å². The van der Waals surface area contributed by atoms with E-state index in [-0.39, 0.29) is 6.42 Å². The highest BCUT2D eigenvalue weighted by Gasteiger charge is 2.56. The van der Waals surface area contributed by atoms with Crippen LogP contribution in [-0.2, 0) is 21.4 Å². The molecule has 0 radical (unpaired) electrons. The maximum absolute atomic E-state index is 13.6. The lowest BCUT2D eigenvalue weighted by Gasteiger charge is -2.44.